The Balaban J connectivity index is 2.19. The van der Waals surface area contributed by atoms with Crippen LogP contribution in [-0.4, -0.2) is 64.6 Å². The van der Waals surface area contributed by atoms with E-state index in [2.05, 4.69) is 10.00 Å². The number of hydrogen-bond donors (Lipinski definition) is 1. The molecule has 0 bridgehead atoms. The van der Waals surface area contributed by atoms with Crippen molar-refractivity contribution < 1.29 is 9.59 Å². The molecule has 1 aliphatic rings. The number of carbonyl (C=O) groups excluding carboxylic acids is 2. The van der Waals surface area contributed by atoms with Crippen molar-refractivity contribution in [3.05, 3.63) is 17.5 Å². The van der Waals surface area contributed by atoms with Crippen molar-refractivity contribution >= 4 is 11.8 Å². The number of likely N-dealkylation sites (N-methyl/N-ethyl adjacent to an activating group) is 1. The maximum atomic E-state index is 12.4. The molecule has 0 radical (unpaired) electrons. The summed E-state index contributed by atoms with van der Waals surface area (Å²) < 4.78 is 1.44. The summed E-state index contributed by atoms with van der Waals surface area (Å²) in [6, 6.07) is 0.352. The molecule has 2 heterocycles. The lowest BCUT2D eigenvalue weighted by Crippen LogP contribution is -2.35. The van der Waals surface area contributed by atoms with Crippen LogP contribution in [0.1, 0.15) is 27.3 Å². The third-order valence-electron chi connectivity index (χ3n) is 3.48. The highest BCUT2D eigenvalue weighted by atomic mass is 16.2. The predicted octanol–water partition coefficient (Wildman–Crippen LogP) is -0.705. The molecule has 104 valence electrons. The molecule has 19 heavy (non-hydrogen) atoms. The maximum Gasteiger partial charge on any atom is 0.275 e. The Kier molecular flexibility index (Phi) is 3.57. The van der Waals surface area contributed by atoms with Gasteiger partial charge in [-0.1, -0.05) is 0 Å². The van der Waals surface area contributed by atoms with Gasteiger partial charge in [0.2, 0.25) is 0 Å². The Morgan fingerprint density at radius 1 is 1.47 bits per heavy atom. The van der Waals surface area contributed by atoms with Crippen LogP contribution in [0, 0.1) is 0 Å². The zero-order chi connectivity index (χ0) is 14.2. The van der Waals surface area contributed by atoms with E-state index in [4.69, 9.17) is 5.73 Å². The molecule has 1 fully saturated rings. The fraction of sp³-hybridized carbons (Fsp3) is 0.583. The van der Waals surface area contributed by atoms with Gasteiger partial charge in [-0.25, -0.2) is 0 Å². The van der Waals surface area contributed by atoms with E-state index in [1.165, 1.54) is 10.9 Å². The molecular weight excluding hydrogens is 246 g/mol. The van der Waals surface area contributed by atoms with Crippen molar-refractivity contribution in [2.24, 2.45) is 12.8 Å². The second-order valence-electron chi connectivity index (χ2n) is 5.09. The second-order valence-corrected chi connectivity index (χ2v) is 5.09. The fourth-order valence-corrected chi connectivity index (χ4v) is 2.32. The van der Waals surface area contributed by atoms with E-state index in [0.717, 1.165) is 6.42 Å². The summed E-state index contributed by atoms with van der Waals surface area (Å²) in [4.78, 5) is 27.5. The molecule has 1 atom stereocenters. The number of nitrogens with two attached hydrogens (primary N) is 1. The Morgan fingerprint density at radius 3 is 2.68 bits per heavy atom. The van der Waals surface area contributed by atoms with Gasteiger partial charge in [0.25, 0.3) is 11.8 Å². The lowest BCUT2D eigenvalue weighted by molar-refractivity contribution is 0.0771. The second kappa shape index (κ2) is 5.00. The number of likely N-dealkylation sites (tertiary alicyclic amines) is 1. The minimum atomic E-state index is -0.625. The molecule has 1 saturated heterocycles. The van der Waals surface area contributed by atoms with Crippen LogP contribution in [0.2, 0.25) is 0 Å². The number of aromatic nitrogens is 2. The molecule has 1 aliphatic heterocycles. The van der Waals surface area contributed by atoms with Gasteiger partial charge in [0, 0.05) is 32.4 Å². The van der Waals surface area contributed by atoms with Gasteiger partial charge in [-0.15, -0.1) is 0 Å². The van der Waals surface area contributed by atoms with Crippen molar-refractivity contribution in [2.45, 2.75) is 12.5 Å². The summed E-state index contributed by atoms with van der Waals surface area (Å²) in [6.45, 7) is 1.33. The summed E-state index contributed by atoms with van der Waals surface area (Å²) in [5.74, 6) is -0.849. The number of amides is 2. The molecule has 1 aromatic rings. The minimum Gasteiger partial charge on any atom is -0.365 e. The molecule has 2 N–H and O–H groups in total. The van der Waals surface area contributed by atoms with Crippen LogP contribution in [0.3, 0.4) is 0 Å². The van der Waals surface area contributed by atoms with Crippen LogP contribution >= 0.6 is 0 Å². The van der Waals surface area contributed by atoms with Crippen molar-refractivity contribution in [2.75, 3.05) is 27.2 Å². The number of primary amides is 1. The Labute approximate surface area is 111 Å². The largest absolute Gasteiger partial charge is 0.365 e. The normalized spacial score (nSPS) is 19.2. The van der Waals surface area contributed by atoms with E-state index in [1.54, 1.807) is 11.9 Å². The van der Waals surface area contributed by atoms with Gasteiger partial charge in [0.15, 0.2) is 5.69 Å². The van der Waals surface area contributed by atoms with Crippen LogP contribution in [0.25, 0.3) is 0 Å². The van der Waals surface area contributed by atoms with Gasteiger partial charge in [-0.3, -0.25) is 14.3 Å². The average Bonchev–Trinajstić information content (AvgIpc) is 2.94. The summed E-state index contributed by atoms with van der Waals surface area (Å²) in [6.07, 6.45) is 2.41. The van der Waals surface area contributed by atoms with Gasteiger partial charge in [0.1, 0.15) is 0 Å². The molecule has 1 unspecified atom stereocenters. The van der Waals surface area contributed by atoms with Gasteiger partial charge in [0.05, 0.1) is 5.56 Å². The first kappa shape index (κ1) is 13.5. The summed E-state index contributed by atoms with van der Waals surface area (Å²) in [5, 5.41) is 4.06. The van der Waals surface area contributed by atoms with Gasteiger partial charge in [-0.05, 0) is 20.5 Å². The van der Waals surface area contributed by atoms with Gasteiger partial charge in [-0.2, -0.15) is 5.10 Å². The molecule has 7 heteroatoms. The van der Waals surface area contributed by atoms with Crippen molar-refractivity contribution in [3.63, 3.8) is 0 Å². The lowest BCUT2D eigenvalue weighted by atomic mass is 10.2. The Bertz CT molecular complexity index is 508. The first-order valence-corrected chi connectivity index (χ1v) is 6.19. The van der Waals surface area contributed by atoms with Crippen molar-refractivity contribution in [3.8, 4) is 0 Å². The van der Waals surface area contributed by atoms with Gasteiger partial charge < -0.3 is 15.5 Å². The van der Waals surface area contributed by atoms with Gasteiger partial charge >= 0.3 is 0 Å². The maximum absolute atomic E-state index is 12.4. The first-order valence-electron chi connectivity index (χ1n) is 6.19. The van der Waals surface area contributed by atoms with E-state index in [1.807, 2.05) is 14.1 Å². The van der Waals surface area contributed by atoms with E-state index in [0.29, 0.717) is 19.1 Å². The van der Waals surface area contributed by atoms with Crippen LogP contribution in [0.5, 0.6) is 0 Å². The Morgan fingerprint density at radius 2 is 2.16 bits per heavy atom. The van der Waals surface area contributed by atoms with E-state index >= 15 is 0 Å². The van der Waals surface area contributed by atoms with Crippen molar-refractivity contribution in [1.82, 2.24) is 19.6 Å². The highest BCUT2D eigenvalue weighted by Crippen LogP contribution is 2.17. The highest BCUT2D eigenvalue weighted by molar-refractivity contribution is 6.05. The zero-order valence-corrected chi connectivity index (χ0v) is 11.5. The van der Waals surface area contributed by atoms with Crippen molar-refractivity contribution in [1.29, 1.82) is 0 Å². The quantitative estimate of drug-likeness (QED) is 0.783. The summed E-state index contributed by atoms with van der Waals surface area (Å²) in [7, 11) is 5.65. The number of nitrogens with zero attached hydrogens (tertiary/aromatic N) is 4. The zero-order valence-electron chi connectivity index (χ0n) is 11.5. The lowest BCUT2D eigenvalue weighted by Gasteiger charge is -2.20. The van der Waals surface area contributed by atoms with Crippen LogP contribution < -0.4 is 5.73 Å². The first-order chi connectivity index (χ1) is 8.90. The topological polar surface area (TPSA) is 84.5 Å². The smallest absolute Gasteiger partial charge is 0.275 e. The minimum absolute atomic E-state index is 0.148. The summed E-state index contributed by atoms with van der Waals surface area (Å²) in [5.41, 5.74) is 5.60. The summed E-state index contributed by atoms with van der Waals surface area (Å²) >= 11 is 0. The molecule has 0 aliphatic carbocycles. The molecule has 0 spiro atoms. The van der Waals surface area contributed by atoms with E-state index in [9.17, 15) is 9.59 Å². The van der Waals surface area contributed by atoms with Crippen LogP contribution in [-0.2, 0) is 7.05 Å². The van der Waals surface area contributed by atoms with E-state index < -0.39 is 5.91 Å². The van der Waals surface area contributed by atoms with Crippen LogP contribution in [0.4, 0.5) is 0 Å². The average molecular weight is 265 g/mol. The van der Waals surface area contributed by atoms with E-state index in [-0.39, 0.29) is 17.2 Å². The molecule has 0 saturated carbocycles. The third-order valence-corrected chi connectivity index (χ3v) is 3.48. The molecule has 2 rings (SSSR count). The fourth-order valence-electron chi connectivity index (χ4n) is 2.32. The number of aryl methyl sites for hydroxylation is 1. The predicted molar refractivity (Wildman–Crippen MR) is 69.7 cm³/mol. The monoisotopic (exact) mass is 265 g/mol. The standard InChI is InChI=1S/C12H19N5O2/c1-15(2)8-4-5-17(6-8)12(19)10-9(11(13)18)7-16(3)14-10/h7-8H,4-6H2,1-3H3,(H2,13,18). The Hall–Kier alpha value is -1.89. The number of carbonyl (C=O) groups is 2. The molecular formula is C12H19N5O2. The number of hydrogen-bond acceptors (Lipinski definition) is 4. The van der Waals surface area contributed by atoms with Crippen LogP contribution in [0.15, 0.2) is 6.20 Å². The number of rotatable bonds is 3. The highest BCUT2D eigenvalue weighted by Gasteiger charge is 2.31. The molecule has 0 aromatic carbocycles. The molecule has 7 nitrogen and oxygen atoms in total. The molecule has 2 amide bonds. The molecule has 1 aromatic heterocycles. The SMILES string of the molecule is CN(C)C1CCN(C(=O)c2nn(C)cc2C(N)=O)C1. The third kappa shape index (κ3) is 2.60.